The van der Waals surface area contributed by atoms with Gasteiger partial charge in [-0.15, -0.1) is 11.3 Å². The average Bonchev–Trinajstić information content (AvgIpc) is 3.22. The lowest BCUT2D eigenvalue weighted by Crippen LogP contribution is -2.28. The highest BCUT2D eigenvalue weighted by atomic mass is 32.1. The van der Waals surface area contributed by atoms with Crippen LogP contribution in [0, 0.1) is 5.92 Å². The predicted octanol–water partition coefficient (Wildman–Crippen LogP) is 2.39. The third kappa shape index (κ3) is 4.16. The highest BCUT2D eigenvalue weighted by Crippen LogP contribution is 2.19. The molecule has 1 saturated heterocycles. The van der Waals surface area contributed by atoms with Crippen LogP contribution in [0.1, 0.15) is 22.5 Å². The van der Waals surface area contributed by atoms with Crippen molar-refractivity contribution in [2.45, 2.75) is 12.8 Å². The van der Waals surface area contributed by atoms with E-state index in [1.807, 2.05) is 23.1 Å². The van der Waals surface area contributed by atoms with Gasteiger partial charge in [-0.2, -0.15) is 0 Å². The van der Waals surface area contributed by atoms with Crippen molar-refractivity contribution in [2.24, 2.45) is 5.92 Å². The van der Waals surface area contributed by atoms with Gasteiger partial charge >= 0.3 is 5.97 Å². The molecule has 0 aliphatic carbocycles. The molecule has 0 spiro atoms. The molecule has 0 saturated carbocycles. The van der Waals surface area contributed by atoms with Crippen LogP contribution in [-0.2, 0) is 16.0 Å². The molecule has 5 nitrogen and oxygen atoms in total. The van der Waals surface area contributed by atoms with E-state index in [-0.39, 0.29) is 18.4 Å². The third-order valence-corrected chi connectivity index (χ3v) is 4.49. The molecule has 0 bridgehead atoms. The topological polar surface area (TPSA) is 59.5 Å². The molecular formula is C17H18N2O3S. The number of esters is 1. The van der Waals surface area contributed by atoms with E-state index < -0.39 is 5.97 Å². The van der Waals surface area contributed by atoms with Crippen LogP contribution in [0.15, 0.2) is 41.2 Å². The van der Waals surface area contributed by atoms with E-state index in [0.717, 1.165) is 6.42 Å². The van der Waals surface area contributed by atoms with Crippen molar-refractivity contribution in [1.29, 1.82) is 0 Å². The molecule has 3 rings (SSSR count). The first kappa shape index (κ1) is 15.7. The maximum Gasteiger partial charge on any atom is 0.357 e. The normalized spacial score (nSPS) is 17.5. The van der Waals surface area contributed by atoms with Gasteiger partial charge in [0.25, 0.3) is 0 Å². The Morgan fingerprint density at radius 3 is 2.91 bits per heavy atom. The number of hydrogen-bond donors (Lipinski definition) is 0. The summed E-state index contributed by atoms with van der Waals surface area (Å²) in [5, 5.41) is 1.66. The number of thiazole rings is 1. The van der Waals surface area contributed by atoms with E-state index in [1.165, 1.54) is 16.9 Å². The van der Waals surface area contributed by atoms with Gasteiger partial charge in [0.15, 0.2) is 5.69 Å². The zero-order valence-electron chi connectivity index (χ0n) is 12.7. The molecule has 1 fully saturated rings. The number of likely N-dealkylation sites (tertiary alicyclic amines) is 1. The van der Waals surface area contributed by atoms with Gasteiger partial charge in [-0.05, 0) is 12.0 Å². The van der Waals surface area contributed by atoms with E-state index in [4.69, 9.17) is 4.74 Å². The van der Waals surface area contributed by atoms with E-state index in [0.29, 0.717) is 25.2 Å². The fourth-order valence-electron chi connectivity index (χ4n) is 2.67. The Kier molecular flexibility index (Phi) is 5.02. The number of carbonyl (C=O) groups is 2. The van der Waals surface area contributed by atoms with Crippen LogP contribution in [0.3, 0.4) is 0 Å². The highest BCUT2D eigenvalue weighted by Gasteiger charge is 2.30. The van der Waals surface area contributed by atoms with Crippen LogP contribution < -0.4 is 0 Å². The number of nitrogens with zero attached hydrogens (tertiary/aromatic N) is 2. The van der Waals surface area contributed by atoms with Gasteiger partial charge in [-0.25, -0.2) is 9.78 Å². The van der Waals surface area contributed by atoms with Crippen LogP contribution in [0.5, 0.6) is 0 Å². The number of hydrogen-bond acceptors (Lipinski definition) is 5. The van der Waals surface area contributed by atoms with Crippen LogP contribution in [0.25, 0.3) is 0 Å². The number of rotatable bonds is 6. The lowest BCUT2D eigenvalue weighted by molar-refractivity contribution is -0.127. The van der Waals surface area contributed by atoms with E-state index >= 15 is 0 Å². The van der Waals surface area contributed by atoms with Crippen molar-refractivity contribution in [2.75, 3.05) is 19.7 Å². The fourth-order valence-corrected chi connectivity index (χ4v) is 3.19. The van der Waals surface area contributed by atoms with Gasteiger partial charge in [-0.3, -0.25) is 4.79 Å². The highest BCUT2D eigenvalue weighted by molar-refractivity contribution is 7.07. The summed E-state index contributed by atoms with van der Waals surface area (Å²) in [6, 6.07) is 10.1. The van der Waals surface area contributed by atoms with Gasteiger partial charge in [0, 0.05) is 30.8 Å². The number of amides is 1. The lowest BCUT2D eigenvalue weighted by atomic mass is 10.1. The SMILES string of the molecule is O=C(OC[C@H]1CC(=O)N(CCc2ccccc2)C1)c1cscn1. The molecule has 23 heavy (non-hydrogen) atoms. The molecule has 1 atom stereocenters. The van der Waals surface area contributed by atoms with Crippen LogP contribution >= 0.6 is 11.3 Å². The Morgan fingerprint density at radius 1 is 1.35 bits per heavy atom. The van der Waals surface area contributed by atoms with Crippen molar-refractivity contribution < 1.29 is 14.3 Å². The second-order valence-corrected chi connectivity index (χ2v) is 6.34. The molecule has 1 aromatic carbocycles. The molecule has 2 aromatic rings. The Balaban J connectivity index is 1.45. The molecule has 1 aliphatic heterocycles. The number of aromatic nitrogens is 1. The predicted molar refractivity (Wildman–Crippen MR) is 87.2 cm³/mol. The largest absolute Gasteiger partial charge is 0.461 e. The molecule has 0 radical (unpaired) electrons. The molecule has 1 aliphatic rings. The summed E-state index contributed by atoms with van der Waals surface area (Å²) >= 11 is 1.36. The van der Waals surface area contributed by atoms with Crippen molar-refractivity contribution in [1.82, 2.24) is 9.88 Å². The monoisotopic (exact) mass is 330 g/mol. The number of ether oxygens (including phenoxy) is 1. The third-order valence-electron chi connectivity index (χ3n) is 3.90. The molecule has 6 heteroatoms. The first-order valence-electron chi connectivity index (χ1n) is 7.59. The summed E-state index contributed by atoms with van der Waals surface area (Å²) in [5.74, 6) is -0.210. The van der Waals surface area contributed by atoms with Crippen LogP contribution in [-0.4, -0.2) is 41.5 Å². The summed E-state index contributed by atoms with van der Waals surface area (Å²) in [6.07, 6.45) is 1.29. The molecule has 1 amide bonds. The van der Waals surface area contributed by atoms with E-state index in [1.54, 1.807) is 10.9 Å². The summed E-state index contributed by atoms with van der Waals surface area (Å²) < 4.78 is 5.26. The van der Waals surface area contributed by atoms with Gasteiger partial charge in [0.1, 0.15) is 0 Å². The number of carbonyl (C=O) groups excluding carboxylic acids is 2. The Morgan fingerprint density at radius 2 is 2.17 bits per heavy atom. The maximum absolute atomic E-state index is 12.1. The minimum absolute atomic E-state index is 0.0702. The maximum atomic E-state index is 12.1. The zero-order chi connectivity index (χ0) is 16.1. The Hall–Kier alpha value is -2.21. The smallest absolute Gasteiger partial charge is 0.357 e. The average molecular weight is 330 g/mol. The molecule has 120 valence electrons. The minimum atomic E-state index is -0.415. The lowest BCUT2D eigenvalue weighted by Gasteiger charge is -2.16. The molecule has 0 N–H and O–H groups in total. The van der Waals surface area contributed by atoms with Crippen LogP contribution in [0.2, 0.25) is 0 Å². The summed E-state index contributed by atoms with van der Waals surface area (Å²) in [5.41, 5.74) is 3.15. The van der Waals surface area contributed by atoms with Crippen molar-refractivity contribution in [3.05, 3.63) is 52.5 Å². The second kappa shape index (κ2) is 7.37. The first-order chi connectivity index (χ1) is 11.2. The van der Waals surface area contributed by atoms with Crippen molar-refractivity contribution >= 4 is 23.2 Å². The van der Waals surface area contributed by atoms with Crippen molar-refractivity contribution in [3.8, 4) is 0 Å². The zero-order valence-corrected chi connectivity index (χ0v) is 13.5. The van der Waals surface area contributed by atoms with E-state index in [2.05, 4.69) is 17.1 Å². The minimum Gasteiger partial charge on any atom is -0.461 e. The van der Waals surface area contributed by atoms with Gasteiger partial charge < -0.3 is 9.64 Å². The molecule has 2 heterocycles. The van der Waals surface area contributed by atoms with Crippen molar-refractivity contribution in [3.63, 3.8) is 0 Å². The van der Waals surface area contributed by atoms with Gasteiger partial charge in [0.05, 0.1) is 12.1 Å². The molecule has 0 unspecified atom stereocenters. The standard InChI is InChI=1S/C17H18N2O3S/c20-16-8-14(10-22-17(21)15-11-23-12-18-15)9-19(16)7-6-13-4-2-1-3-5-13/h1-5,11-12,14H,6-10H2/t14-/m0/s1. The fraction of sp³-hybridized carbons (Fsp3) is 0.353. The number of benzene rings is 1. The summed E-state index contributed by atoms with van der Waals surface area (Å²) in [4.78, 5) is 29.6. The first-order valence-corrected chi connectivity index (χ1v) is 8.53. The summed E-state index contributed by atoms with van der Waals surface area (Å²) in [7, 11) is 0. The van der Waals surface area contributed by atoms with Crippen LogP contribution in [0.4, 0.5) is 0 Å². The second-order valence-electron chi connectivity index (χ2n) is 5.62. The molecule has 1 aromatic heterocycles. The Labute approximate surface area is 138 Å². The summed E-state index contributed by atoms with van der Waals surface area (Å²) in [6.45, 7) is 1.62. The van der Waals surface area contributed by atoms with Gasteiger partial charge in [-0.1, -0.05) is 30.3 Å². The van der Waals surface area contributed by atoms with E-state index in [9.17, 15) is 9.59 Å². The van der Waals surface area contributed by atoms with Gasteiger partial charge in [0.2, 0.25) is 5.91 Å². The molecular weight excluding hydrogens is 312 g/mol. The Bertz CT molecular complexity index is 658. The quantitative estimate of drug-likeness (QED) is 0.763.